The van der Waals surface area contributed by atoms with Crippen LogP contribution in [0.4, 0.5) is 11.4 Å². The first-order valence-electron chi connectivity index (χ1n) is 16.5. The summed E-state index contributed by atoms with van der Waals surface area (Å²) in [6.07, 6.45) is 3.16. The Bertz CT molecular complexity index is 1870. The maximum Gasteiger partial charge on any atom is 0.271 e. The molecule has 258 valence electrons. The summed E-state index contributed by atoms with van der Waals surface area (Å²) in [5, 5.41) is 13.7. The van der Waals surface area contributed by atoms with Crippen molar-refractivity contribution in [2.24, 2.45) is 17.4 Å². The highest BCUT2D eigenvalue weighted by atomic mass is 16.2. The number of allylic oxidation sites excluding steroid dienone is 1. The Morgan fingerprint density at radius 3 is 2.47 bits per heavy atom. The lowest BCUT2D eigenvalue weighted by molar-refractivity contribution is -0.121. The molecular weight excluding hydrogens is 622 g/mol. The number of nitrogens with two attached hydrogens (primary N) is 2. The minimum atomic E-state index is -0.480. The molecular formula is C35H45N11O3. The fourth-order valence-corrected chi connectivity index (χ4v) is 6.52. The van der Waals surface area contributed by atoms with Crippen molar-refractivity contribution < 1.29 is 14.4 Å². The number of hydrogen-bond donors (Lipinski definition) is 5. The summed E-state index contributed by atoms with van der Waals surface area (Å²) in [6, 6.07) is 11.7. The van der Waals surface area contributed by atoms with Crippen molar-refractivity contribution in [1.82, 2.24) is 35.2 Å². The van der Waals surface area contributed by atoms with E-state index in [1.54, 1.807) is 20.2 Å². The second kappa shape index (κ2) is 13.3. The van der Waals surface area contributed by atoms with Crippen LogP contribution in [0.3, 0.4) is 0 Å². The summed E-state index contributed by atoms with van der Waals surface area (Å²) in [7, 11) is 6.99. The molecule has 3 aliphatic rings. The first kappa shape index (κ1) is 33.5. The molecule has 1 atom stereocenters. The normalized spacial score (nSPS) is 18.1. The summed E-state index contributed by atoms with van der Waals surface area (Å²) in [6.45, 7) is 6.46. The van der Waals surface area contributed by atoms with E-state index in [1.165, 1.54) is 18.0 Å². The number of likely N-dealkylation sites (N-methyl/N-ethyl adjacent to an activating group) is 1. The number of likely N-dealkylation sites (tertiary alicyclic amines) is 1. The van der Waals surface area contributed by atoms with Gasteiger partial charge in [0.1, 0.15) is 17.2 Å². The molecule has 7 N–H and O–H groups in total. The number of aromatic nitrogens is 3. The monoisotopic (exact) mass is 667 g/mol. The molecule has 3 amide bonds. The highest BCUT2D eigenvalue weighted by Crippen LogP contribution is 2.49. The van der Waals surface area contributed by atoms with Gasteiger partial charge in [0.25, 0.3) is 11.8 Å². The molecule has 1 aromatic carbocycles. The van der Waals surface area contributed by atoms with Gasteiger partial charge in [0.05, 0.1) is 46.2 Å². The lowest BCUT2D eigenvalue weighted by atomic mass is 9.91. The van der Waals surface area contributed by atoms with Crippen LogP contribution in [0.1, 0.15) is 59.4 Å². The van der Waals surface area contributed by atoms with Crippen molar-refractivity contribution in [2.75, 3.05) is 51.5 Å². The molecule has 2 fully saturated rings. The molecule has 1 unspecified atom stereocenters. The minimum Gasteiger partial charge on any atom is -0.393 e. The highest BCUT2D eigenvalue weighted by molar-refractivity contribution is 5.96. The maximum absolute atomic E-state index is 12.6. The second-order valence-corrected chi connectivity index (χ2v) is 13.2. The molecule has 0 radical (unpaired) electrons. The predicted molar refractivity (Wildman–Crippen MR) is 188 cm³/mol. The van der Waals surface area contributed by atoms with Crippen LogP contribution >= 0.6 is 0 Å². The zero-order valence-electron chi connectivity index (χ0n) is 28.9. The van der Waals surface area contributed by atoms with Gasteiger partial charge in [-0.05, 0) is 44.9 Å². The average molecular weight is 668 g/mol. The van der Waals surface area contributed by atoms with Crippen molar-refractivity contribution in [3.05, 3.63) is 82.5 Å². The number of nitrogens with zero attached hydrogens (tertiary/aromatic N) is 6. The van der Waals surface area contributed by atoms with Gasteiger partial charge in [0, 0.05) is 70.9 Å². The average Bonchev–Trinajstić information content (AvgIpc) is 3.86. The second-order valence-electron chi connectivity index (χ2n) is 13.2. The summed E-state index contributed by atoms with van der Waals surface area (Å²) < 4.78 is 2.17. The number of aryl methyl sites for hydroxylation is 1. The number of para-hydroxylation sites is 1. The van der Waals surface area contributed by atoms with E-state index in [4.69, 9.17) is 16.6 Å². The fraction of sp³-hybridized carbons (Fsp3) is 0.400. The van der Waals surface area contributed by atoms with Crippen molar-refractivity contribution in [3.8, 4) is 11.1 Å². The number of anilines is 2. The van der Waals surface area contributed by atoms with E-state index in [9.17, 15) is 14.4 Å². The third-order valence-electron chi connectivity index (χ3n) is 9.41. The van der Waals surface area contributed by atoms with Crippen molar-refractivity contribution >= 4 is 29.1 Å². The molecule has 0 bridgehead atoms. The lowest BCUT2D eigenvalue weighted by Crippen LogP contribution is -2.48. The van der Waals surface area contributed by atoms with Gasteiger partial charge >= 0.3 is 0 Å². The standard InChI is InChI=1S/C35H45N11O3/c1-19-29-24-10-8-11-25(40-27(30(37)34(48)38-3)15-28(36)41-33(47)21-13-14-21)32(24)44(6)20(2)31(29)46(42-19)23-17-45(18-23)16-22-9-7-12-26(39-22)35(49)43(4)5/h7-12,15,20-21,23,40H,13-14,16-18,36-37H2,1-6H3,(H,38,48)(H,41,47)/b28-15+,30-27+. The van der Waals surface area contributed by atoms with Crippen LogP contribution < -0.4 is 32.3 Å². The van der Waals surface area contributed by atoms with Crippen LogP contribution in [0, 0.1) is 12.8 Å². The number of rotatable bonds is 10. The zero-order chi connectivity index (χ0) is 35.1. The van der Waals surface area contributed by atoms with E-state index < -0.39 is 5.91 Å². The van der Waals surface area contributed by atoms with E-state index in [1.807, 2.05) is 38.2 Å². The van der Waals surface area contributed by atoms with Gasteiger partial charge in [0.15, 0.2) is 0 Å². The number of carbonyl (C=O) groups excluding carboxylic acids is 3. The number of fused-ring (bicyclic) bond motifs is 3. The summed E-state index contributed by atoms with van der Waals surface area (Å²) in [5.74, 6) is -0.674. The SMILES string of the molecule is CNC(=O)/C(N)=C(/C=C(\N)NC(=O)C1CC1)Nc1cccc2c1N(C)C(C)c1c-2c(C)nn1C1CN(Cc2cccc(C(=O)N(C)C)n2)C1. The van der Waals surface area contributed by atoms with Crippen LogP contribution in [-0.2, 0) is 16.1 Å². The van der Waals surface area contributed by atoms with Gasteiger partial charge in [-0.25, -0.2) is 4.98 Å². The van der Waals surface area contributed by atoms with E-state index in [0.29, 0.717) is 12.2 Å². The summed E-state index contributed by atoms with van der Waals surface area (Å²) in [5.41, 5.74) is 19.8. The largest absolute Gasteiger partial charge is 0.393 e. The topological polar surface area (TPSA) is 180 Å². The number of carbonyl (C=O) groups is 3. The van der Waals surface area contributed by atoms with Gasteiger partial charge in [-0.2, -0.15) is 5.10 Å². The van der Waals surface area contributed by atoms with Crippen molar-refractivity contribution in [2.45, 2.75) is 45.3 Å². The number of nitrogens with one attached hydrogen (secondary N) is 3. The molecule has 6 rings (SSSR count). The van der Waals surface area contributed by atoms with Crippen LogP contribution in [0.15, 0.2) is 59.7 Å². The van der Waals surface area contributed by atoms with Crippen LogP contribution in [0.2, 0.25) is 0 Å². The molecule has 4 heterocycles. The first-order chi connectivity index (χ1) is 23.4. The molecule has 3 aromatic rings. The smallest absolute Gasteiger partial charge is 0.271 e. The number of hydrogen-bond acceptors (Lipinski definition) is 10. The van der Waals surface area contributed by atoms with E-state index in [0.717, 1.165) is 65.5 Å². The Balaban J connectivity index is 1.26. The number of pyridine rings is 1. The third kappa shape index (κ3) is 6.55. The van der Waals surface area contributed by atoms with Gasteiger partial charge in [-0.15, -0.1) is 0 Å². The fourth-order valence-electron chi connectivity index (χ4n) is 6.52. The predicted octanol–water partition coefficient (Wildman–Crippen LogP) is 2.18. The molecule has 0 spiro atoms. The Morgan fingerprint density at radius 2 is 1.80 bits per heavy atom. The van der Waals surface area contributed by atoms with Crippen LogP contribution in [-0.4, -0.2) is 83.6 Å². The third-order valence-corrected chi connectivity index (χ3v) is 9.41. The Hall–Kier alpha value is -5.37. The van der Waals surface area contributed by atoms with E-state index in [-0.39, 0.29) is 47.0 Å². The zero-order valence-corrected chi connectivity index (χ0v) is 28.9. The molecule has 49 heavy (non-hydrogen) atoms. The molecule has 1 saturated heterocycles. The van der Waals surface area contributed by atoms with Crippen LogP contribution in [0.5, 0.6) is 0 Å². The Labute approximate surface area is 286 Å². The minimum absolute atomic E-state index is 0.0294. The van der Waals surface area contributed by atoms with Gasteiger partial charge in [-0.1, -0.05) is 18.2 Å². The quantitative estimate of drug-likeness (QED) is 0.159. The van der Waals surface area contributed by atoms with Gasteiger partial charge < -0.3 is 37.2 Å². The maximum atomic E-state index is 12.6. The summed E-state index contributed by atoms with van der Waals surface area (Å²) >= 11 is 0. The lowest BCUT2D eigenvalue weighted by Gasteiger charge is -2.42. The van der Waals surface area contributed by atoms with E-state index >= 15 is 0 Å². The van der Waals surface area contributed by atoms with Crippen LogP contribution in [0.25, 0.3) is 11.1 Å². The van der Waals surface area contributed by atoms with Gasteiger partial charge in [-0.3, -0.25) is 24.0 Å². The highest BCUT2D eigenvalue weighted by Gasteiger charge is 2.38. The number of amides is 3. The van der Waals surface area contributed by atoms with Crippen molar-refractivity contribution in [3.63, 3.8) is 0 Å². The molecule has 14 nitrogen and oxygen atoms in total. The molecule has 1 saturated carbocycles. The first-order valence-corrected chi connectivity index (χ1v) is 16.5. The Morgan fingerprint density at radius 1 is 1.08 bits per heavy atom. The number of benzene rings is 1. The summed E-state index contributed by atoms with van der Waals surface area (Å²) in [4.78, 5) is 48.0. The van der Waals surface area contributed by atoms with Crippen molar-refractivity contribution in [1.29, 1.82) is 0 Å². The molecule has 14 heteroatoms. The molecule has 1 aliphatic carbocycles. The molecule has 2 aliphatic heterocycles. The molecule has 2 aromatic heterocycles. The Kier molecular flexibility index (Phi) is 9.08. The van der Waals surface area contributed by atoms with Gasteiger partial charge in [0.2, 0.25) is 5.91 Å². The van der Waals surface area contributed by atoms with E-state index in [2.05, 4.69) is 48.4 Å².